The van der Waals surface area contributed by atoms with Crippen molar-refractivity contribution < 1.29 is 4.52 Å². The van der Waals surface area contributed by atoms with E-state index in [0.29, 0.717) is 24.7 Å². The van der Waals surface area contributed by atoms with E-state index in [1.165, 1.54) is 18.4 Å². The highest BCUT2D eigenvalue weighted by Crippen LogP contribution is 2.48. The summed E-state index contributed by atoms with van der Waals surface area (Å²) < 4.78 is 6.24. The lowest BCUT2D eigenvalue weighted by Crippen LogP contribution is -2.42. The number of halogens is 1. The maximum absolute atomic E-state index is 5.11. The SMILES string of the molecule is CN=C(NCCc1nc(C)no1)NCC1(c2cccc(Br)c2)CC1. The van der Waals surface area contributed by atoms with Gasteiger partial charge in [0.15, 0.2) is 11.8 Å². The average molecular weight is 392 g/mol. The number of benzene rings is 1. The smallest absolute Gasteiger partial charge is 0.228 e. The Kier molecular flexibility index (Phi) is 5.18. The largest absolute Gasteiger partial charge is 0.356 e. The molecule has 0 bridgehead atoms. The molecule has 0 atom stereocenters. The number of nitrogens with zero attached hydrogens (tertiary/aromatic N) is 3. The molecule has 1 heterocycles. The first-order valence-electron chi connectivity index (χ1n) is 8.11. The summed E-state index contributed by atoms with van der Waals surface area (Å²) in [4.78, 5) is 8.48. The number of aliphatic imine (C=N–C) groups is 1. The Morgan fingerprint density at radius 1 is 1.38 bits per heavy atom. The first-order chi connectivity index (χ1) is 11.6. The minimum absolute atomic E-state index is 0.227. The number of hydrogen-bond acceptors (Lipinski definition) is 4. The van der Waals surface area contributed by atoms with Gasteiger partial charge in [-0.2, -0.15) is 4.98 Å². The van der Waals surface area contributed by atoms with Crippen LogP contribution in [0.4, 0.5) is 0 Å². The first-order valence-corrected chi connectivity index (χ1v) is 8.90. The second-order valence-corrected chi connectivity index (χ2v) is 7.04. The number of aryl methyl sites for hydroxylation is 1. The topological polar surface area (TPSA) is 75.3 Å². The van der Waals surface area contributed by atoms with E-state index < -0.39 is 0 Å². The third-order valence-electron chi connectivity index (χ3n) is 4.31. The molecule has 128 valence electrons. The maximum Gasteiger partial charge on any atom is 0.228 e. The minimum atomic E-state index is 0.227. The molecule has 0 amide bonds. The summed E-state index contributed by atoms with van der Waals surface area (Å²) in [6, 6.07) is 8.57. The van der Waals surface area contributed by atoms with Crippen molar-refractivity contribution in [2.75, 3.05) is 20.1 Å². The number of hydrogen-bond donors (Lipinski definition) is 2. The van der Waals surface area contributed by atoms with Gasteiger partial charge in [-0.25, -0.2) is 0 Å². The molecule has 0 aliphatic heterocycles. The predicted octanol–water partition coefficient (Wildman–Crippen LogP) is 2.58. The lowest BCUT2D eigenvalue weighted by molar-refractivity contribution is 0.374. The zero-order chi connectivity index (χ0) is 17.0. The summed E-state index contributed by atoms with van der Waals surface area (Å²) in [5, 5.41) is 10.5. The molecule has 0 radical (unpaired) electrons. The molecule has 6 nitrogen and oxygen atoms in total. The molecular weight excluding hydrogens is 370 g/mol. The second-order valence-electron chi connectivity index (χ2n) is 6.13. The van der Waals surface area contributed by atoms with Crippen LogP contribution >= 0.6 is 15.9 Å². The highest BCUT2D eigenvalue weighted by Gasteiger charge is 2.44. The van der Waals surface area contributed by atoms with Crippen molar-refractivity contribution in [3.63, 3.8) is 0 Å². The van der Waals surface area contributed by atoms with Crippen molar-refractivity contribution in [1.29, 1.82) is 0 Å². The normalized spacial score (nSPS) is 16.0. The van der Waals surface area contributed by atoms with Gasteiger partial charge in [0.1, 0.15) is 0 Å². The van der Waals surface area contributed by atoms with Gasteiger partial charge >= 0.3 is 0 Å². The van der Waals surface area contributed by atoms with Crippen LogP contribution in [-0.4, -0.2) is 36.2 Å². The average Bonchev–Trinajstić information content (AvgIpc) is 3.26. The van der Waals surface area contributed by atoms with Crippen molar-refractivity contribution in [3.05, 3.63) is 46.0 Å². The van der Waals surface area contributed by atoms with Crippen LogP contribution in [0, 0.1) is 6.92 Å². The van der Waals surface area contributed by atoms with Gasteiger partial charge in [0.05, 0.1) is 0 Å². The second kappa shape index (κ2) is 7.34. The Labute approximate surface area is 150 Å². The van der Waals surface area contributed by atoms with Crippen molar-refractivity contribution in [3.8, 4) is 0 Å². The maximum atomic E-state index is 5.11. The van der Waals surface area contributed by atoms with Crippen LogP contribution in [0.3, 0.4) is 0 Å². The Balaban J connectivity index is 1.49. The van der Waals surface area contributed by atoms with E-state index in [2.05, 4.69) is 66.0 Å². The van der Waals surface area contributed by atoms with Crippen LogP contribution in [0.5, 0.6) is 0 Å². The molecule has 1 aromatic carbocycles. The highest BCUT2D eigenvalue weighted by atomic mass is 79.9. The fraction of sp³-hybridized carbons (Fsp3) is 0.471. The van der Waals surface area contributed by atoms with Crippen molar-refractivity contribution in [2.24, 2.45) is 4.99 Å². The Hall–Kier alpha value is -1.89. The van der Waals surface area contributed by atoms with E-state index in [1.54, 1.807) is 7.05 Å². The number of rotatable bonds is 6. The summed E-state index contributed by atoms with van der Waals surface area (Å²) in [6.45, 7) is 3.39. The van der Waals surface area contributed by atoms with E-state index in [4.69, 9.17) is 4.52 Å². The van der Waals surface area contributed by atoms with Gasteiger partial charge in [-0.15, -0.1) is 0 Å². The Morgan fingerprint density at radius 2 is 2.21 bits per heavy atom. The highest BCUT2D eigenvalue weighted by molar-refractivity contribution is 9.10. The quantitative estimate of drug-likeness (QED) is 0.584. The fourth-order valence-electron chi connectivity index (χ4n) is 2.74. The molecule has 0 saturated heterocycles. The van der Waals surface area contributed by atoms with Crippen molar-refractivity contribution >= 4 is 21.9 Å². The van der Waals surface area contributed by atoms with Gasteiger partial charge in [-0.1, -0.05) is 33.2 Å². The summed E-state index contributed by atoms with van der Waals surface area (Å²) in [6.07, 6.45) is 3.09. The van der Waals surface area contributed by atoms with E-state index >= 15 is 0 Å². The summed E-state index contributed by atoms with van der Waals surface area (Å²) in [5.41, 5.74) is 1.60. The lowest BCUT2D eigenvalue weighted by Gasteiger charge is -2.19. The van der Waals surface area contributed by atoms with E-state index in [1.807, 2.05) is 6.92 Å². The lowest BCUT2D eigenvalue weighted by atomic mass is 9.96. The standard InChI is InChI=1S/C17H22BrN5O/c1-12-22-15(24-23-12)6-9-20-16(19-2)21-11-17(7-8-17)13-4-3-5-14(18)10-13/h3-5,10H,6-9,11H2,1-2H3,(H2,19,20,21). The molecule has 1 aliphatic carbocycles. The molecule has 1 fully saturated rings. The molecule has 24 heavy (non-hydrogen) atoms. The molecule has 0 spiro atoms. The zero-order valence-corrected chi connectivity index (χ0v) is 15.6. The molecule has 0 unspecified atom stereocenters. The monoisotopic (exact) mass is 391 g/mol. The number of aromatic nitrogens is 2. The van der Waals surface area contributed by atoms with Crippen LogP contribution in [0.2, 0.25) is 0 Å². The van der Waals surface area contributed by atoms with E-state index in [9.17, 15) is 0 Å². The zero-order valence-electron chi connectivity index (χ0n) is 14.0. The van der Waals surface area contributed by atoms with Gasteiger partial charge in [-0.05, 0) is 37.5 Å². The van der Waals surface area contributed by atoms with Crippen LogP contribution in [0.15, 0.2) is 38.3 Å². The van der Waals surface area contributed by atoms with E-state index in [0.717, 1.165) is 17.0 Å². The van der Waals surface area contributed by atoms with Crippen molar-refractivity contribution in [1.82, 2.24) is 20.8 Å². The van der Waals surface area contributed by atoms with Crippen LogP contribution in [-0.2, 0) is 11.8 Å². The van der Waals surface area contributed by atoms with E-state index in [-0.39, 0.29) is 5.41 Å². The van der Waals surface area contributed by atoms with Crippen molar-refractivity contribution in [2.45, 2.75) is 31.6 Å². The number of guanidine groups is 1. The van der Waals surface area contributed by atoms with Crippen LogP contribution in [0.25, 0.3) is 0 Å². The fourth-order valence-corrected chi connectivity index (χ4v) is 3.14. The summed E-state index contributed by atoms with van der Waals surface area (Å²) >= 11 is 3.56. The number of nitrogens with one attached hydrogen (secondary N) is 2. The molecule has 1 aromatic heterocycles. The van der Waals surface area contributed by atoms with Gasteiger partial charge in [0.25, 0.3) is 0 Å². The van der Waals surface area contributed by atoms with Gasteiger partial charge in [0.2, 0.25) is 5.89 Å². The summed E-state index contributed by atoms with van der Waals surface area (Å²) in [5.74, 6) is 2.10. The predicted molar refractivity (Wildman–Crippen MR) is 97.2 cm³/mol. The Morgan fingerprint density at radius 3 is 2.83 bits per heavy atom. The van der Waals surface area contributed by atoms with Gasteiger partial charge < -0.3 is 15.2 Å². The third kappa shape index (κ3) is 4.14. The summed E-state index contributed by atoms with van der Waals surface area (Å²) in [7, 11) is 1.78. The first kappa shape index (κ1) is 17.0. The van der Waals surface area contributed by atoms with Crippen LogP contribution in [0.1, 0.15) is 30.1 Å². The Bertz CT molecular complexity index is 723. The molecule has 2 aromatic rings. The van der Waals surface area contributed by atoms with Gasteiger partial charge in [0, 0.05) is 36.4 Å². The molecular formula is C17H22BrN5O. The molecule has 3 rings (SSSR count). The molecule has 2 N–H and O–H groups in total. The molecule has 1 aliphatic rings. The third-order valence-corrected chi connectivity index (χ3v) is 4.80. The van der Waals surface area contributed by atoms with Crippen LogP contribution < -0.4 is 10.6 Å². The minimum Gasteiger partial charge on any atom is -0.356 e. The molecule has 1 saturated carbocycles. The molecule has 7 heteroatoms. The van der Waals surface area contributed by atoms with Gasteiger partial charge in [-0.3, -0.25) is 4.99 Å².